The summed E-state index contributed by atoms with van der Waals surface area (Å²) in [5.74, 6) is -0.604. The van der Waals surface area contributed by atoms with Crippen molar-refractivity contribution in [3.05, 3.63) is 68.8 Å². The van der Waals surface area contributed by atoms with Crippen molar-refractivity contribution in [2.75, 3.05) is 6.54 Å². The lowest BCUT2D eigenvalue weighted by atomic mass is 10.2. The van der Waals surface area contributed by atoms with Crippen LogP contribution in [0.2, 0.25) is 0 Å². The van der Waals surface area contributed by atoms with Crippen LogP contribution in [0.1, 0.15) is 12.5 Å². The lowest BCUT2D eigenvalue weighted by Crippen LogP contribution is -2.35. The van der Waals surface area contributed by atoms with E-state index in [0.29, 0.717) is 23.1 Å². The average Bonchev–Trinajstić information content (AvgIpc) is 2.91. The minimum atomic E-state index is -0.362. The first-order valence-electron chi connectivity index (χ1n) is 7.89. The van der Waals surface area contributed by atoms with Gasteiger partial charge in [-0.1, -0.05) is 28.1 Å². The van der Waals surface area contributed by atoms with Gasteiger partial charge in [0.25, 0.3) is 0 Å². The Bertz CT molecular complexity index is 980. The van der Waals surface area contributed by atoms with E-state index in [1.807, 2.05) is 19.1 Å². The molecular formula is C18H17BrFN3O2. The zero-order valence-electron chi connectivity index (χ0n) is 13.6. The normalized spacial score (nSPS) is 11.0. The Labute approximate surface area is 152 Å². The van der Waals surface area contributed by atoms with Crippen molar-refractivity contribution in [3.63, 3.8) is 0 Å². The molecule has 3 aromatic rings. The molecule has 2 aromatic carbocycles. The molecule has 0 atom stereocenters. The molecule has 0 fully saturated rings. The number of likely N-dealkylation sites (N-methyl/N-ethyl adjacent to an activating group) is 1. The summed E-state index contributed by atoms with van der Waals surface area (Å²) in [6.45, 7) is 2.30. The van der Waals surface area contributed by atoms with Crippen LogP contribution in [-0.4, -0.2) is 26.9 Å². The summed E-state index contributed by atoms with van der Waals surface area (Å²) in [5.41, 5.74) is 1.45. The summed E-state index contributed by atoms with van der Waals surface area (Å²) in [6, 6.07) is 11.8. The Balaban J connectivity index is 1.84. The van der Waals surface area contributed by atoms with Gasteiger partial charge in [-0.05, 0) is 37.3 Å². The first-order chi connectivity index (χ1) is 12.0. The molecule has 0 spiro atoms. The number of fused-ring (bicyclic) bond motifs is 1. The smallest absolute Gasteiger partial charge is 0.326 e. The second kappa shape index (κ2) is 7.23. The van der Waals surface area contributed by atoms with Gasteiger partial charge in [-0.2, -0.15) is 0 Å². The van der Waals surface area contributed by atoms with E-state index in [0.717, 1.165) is 4.47 Å². The fourth-order valence-corrected chi connectivity index (χ4v) is 3.15. The summed E-state index contributed by atoms with van der Waals surface area (Å²) in [6.07, 6.45) is 0. The lowest BCUT2D eigenvalue weighted by molar-refractivity contribution is -0.132. The maximum Gasteiger partial charge on any atom is 0.326 e. The Morgan fingerprint density at radius 1 is 1.28 bits per heavy atom. The van der Waals surface area contributed by atoms with Gasteiger partial charge < -0.3 is 9.88 Å². The van der Waals surface area contributed by atoms with E-state index in [4.69, 9.17) is 0 Å². The number of carbonyl (C=O) groups excluding carboxylic acids is 1. The predicted octanol–water partition coefficient (Wildman–Crippen LogP) is 3.28. The van der Waals surface area contributed by atoms with Crippen molar-refractivity contribution < 1.29 is 9.18 Å². The highest BCUT2D eigenvalue weighted by atomic mass is 79.9. The second-order valence-electron chi connectivity index (χ2n) is 5.68. The van der Waals surface area contributed by atoms with Crippen LogP contribution < -0.4 is 5.69 Å². The van der Waals surface area contributed by atoms with Crippen molar-refractivity contribution in [2.45, 2.75) is 20.0 Å². The maximum atomic E-state index is 14.0. The fourth-order valence-electron chi connectivity index (χ4n) is 2.75. The van der Waals surface area contributed by atoms with E-state index >= 15 is 0 Å². The number of H-pyrrole nitrogens is 1. The van der Waals surface area contributed by atoms with E-state index in [1.165, 1.54) is 15.5 Å². The van der Waals surface area contributed by atoms with Crippen LogP contribution in [0.4, 0.5) is 4.39 Å². The van der Waals surface area contributed by atoms with Gasteiger partial charge in [-0.15, -0.1) is 0 Å². The van der Waals surface area contributed by atoms with Gasteiger partial charge in [0.1, 0.15) is 12.4 Å². The molecule has 1 amide bonds. The number of halogens is 2. The molecule has 1 aromatic heterocycles. The molecule has 0 aliphatic rings. The lowest BCUT2D eigenvalue weighted by Gasteiger charge is -2.21. The Morgan fingerprint density at radius 2 is 2.04 bits per heavy atom. The maximum absolute atomic E-state index is 14.0. The molecule has 1 N–H and O–H groups in total. The molecule has 0 saturated carbocycles. The van der Waals surface area contributed by atoms with E-state index in [1.54, 1.807) is 24.3 Å². The molecule has 0 radical (unpaired) electrons. The van der Waals surface area contributed by atoms with Crippen molar-refractivity contribution in [1.82, 2.24) is 14.5 Å². The second-order valence-corrected chi connectivity index (χ2v) is 6.59. The molecule has 0 unspecified atom stereocenters. The van der Waals surface area contributed by atoms with Crippen LogP contribution in [0.3, 0.4) is 0 Å². The van der Waals surface area contributed by atoms with Crippen molar-refractivity contribution in [3.8, 4) is 0 Å². The number of nitrogens with one attached hydrogen (secondary N) is 1. The van der Waals surface area contributed by atoms with Gasteiger partial charge in [-0.25, -0.2) is 9.18 Å². The van der Waals surface area contributed by atoms with Crippen LogP contribution in [-0.2, 0) is 17.9 Å². The van der Waals surface area contributed by atoms with Crippen LogP contribution in [0.25, 0.3) is 11.0 Å². The zero-order valence-corrected chi connectivity index (χ0v) is 15.2. The highest BCUT2D eigenvalue weighted by Crippen LogP contribution is 2.18. The van der Waals surface area contributed by atoms with Gasteiger partial charge in [-0.3, -0.25) is 9.36 Å². The number of aromatic amines is 1. The topological polar surface area (TPSA) is 58.1 Å². The Hall–Kier alpha value is -2.41. The molecule has 25 heavy (non-hydrogen) atoms. The third-order valence-electron chi connectivity index (χ3n) is 4.08. The van der Waals surface area contributed by atoms with Gasteiger partial charge in [0.2, 0.25) is 5.91 Å². The van der Waals surface area contributed by atoms with Gasteiger partial charge in [0.05, 0.1) is 11.0 Å². The molecule has 3 rings (SSSR count). The minimum Gasteiger partial charge on any atom is -0.337 e. The van der Waals surface area contributed by atoms with Crippen molar-refractivity contribution in [2.24, 2.45) is 0 Å². The van der Waals surface area contributed by atoms with E-state index in [2.05, 4.69) is 20.9 Å². The monoisotopic (exact) mass is 405 g/mol. The number of amides is 1. The molecular weight excluding hydrogens is 389 g/mol. The minimum absolute atomic E-state index is 0.0910. The average molecular weight is 406 g/mol. The molecule has 1 heterocycles. The van der Waals surface area contributed by atoms with Crippen LogP contribution >= 0.6 is 15.9 Å². The molecule has 0 aliphatic carbocycles. The largest absolute Gasteiger partial charge is 0.337 e. The highest BCUT2D eigenvalue weighted by Gasteiger charge is 2.17. The molecule has 5 nitrogen and oxygen atoms in total. The van der Waals surface area contributed by atoms with Crippen molar-refractivity contribution in [1.29, 1.82) is 0 Å². The summed E-state index contributed by atoms with van der Waals surface area (Å²) in [4.78, 5) is 29.0. The SMILES string of the molecule is CCN(Cc1cc(Br)ccc1F)C(=O)Cn1c(=O)[nH]c2ccccc21. The number of hydrogen-bond donors (Lipinski definition) is 1. The number of nitrogens with zero attached hydrogens (tertiary/aromatic N) is 2. The Kier molecular flexibility index (Phi) is 5.03. The first-order valence-corrected chi connectivity index (χ1v) is 8.68. The quantitative estimate of drug-likeness (QED) is 0.707. The third kappa shape index (κ3) is 3.66. The van der Waals surface area contributed by atoms with E-state index in [9.17, 15) is 14.0 Å². The molecule has 130 valence electrons. The fraction of sp³-hybridized carbons (Fsp3) is 0.222. The number of carbonyl (C=O) groups is 1. The molecule has 0 aliphatic heterocycles. The summed E-state index contributed by atoms with van der Waals surface area (Å²) in [7, 11) is 0. The van der Waals surface area contributed by atoms with Gasteiger partial charge >= 0.3 is 5.69 Å². The number of rotatable bonds is 5. The Morgan fingerprint density at radius 3 is 2.80 bits per heavy atom. The number of hydrogen-bond acceptors (Lipinski definition) is 2. The number of benzene rings is 2. The molecule has 0 bridgehead atoms. The standard InChI is InChI=1S/C18H17BrFN3O2/c1-2-22(10-12-9-13(19)7-8-14(12)20)17(24)11-23-16-6-4-3-5-15(16)21-18(23)25/h3-9H,2,10-11H2,1H3,(H,21,25). The number of para-hydroxylation sites is 2. The summed E-state index contributed by atoms with van der Waals surface area (Å²) < 4.78 is 16.1. The van der Waals surface area contributed by atoms with Gasteiger partial charge in [0, 0.05) is 23.1 Å². The molecule has 0 saturated heterocycles. The molecule has 7 heteroatoms. The van der Waals surface area contributed by atoms with Gasteiger partial charge in [0.15, 0.2) is 0 Å². The third-order valence-corrected chi connectivity index (χ3v) is 4.57. The van der Waals surface area contributed by atoms with Crippen LogP contribution in [0.15, 0.2) is 51.7 Å². The number of aromatic nitrogens is 2. The van der Waals surface area contributed by atoms with Crippen LogP contribution in [0.5, 0.6) is 0 Å². The highest BCUT2D eigenvalue weighted by molar-refractivity contribution is 9.10. The van der Waals surface area contributed by atoms with Crippen LogP contribution in [0, 0.1) is 5.82 Å². The number of imidazole rings is 1. The summed E-state index contributed by atoms with van der Waals surface area (Å²) >= 11 is 3.31. The summed E-state index contributed by atoms with van der Waals surface area (Å²) in [5, 5.41) is 0. The van der Waals surface area contributed by atoms with Crippen molar-refractivity contribution >= 4 is 32.9 Å². The first kappa shape index (κ1) is 17.4. The van der Waals surface area contributed by atoms with E-state index < -0.39 is 0 Å². The zero-order chi connectivity index (χ0) is 18.0. The predicted molar refractivity (Wildman–Crippen MR) is 97.7 cm³/mol. The van der Waals surface area contributed by atoms with E-state index in [-0.39, 0.29) is 30.5 Å².